The summed E-state index contributed by atoms with van der Waals surface area (Å²) >= 11 is 5.87. The maximum atomic E-state index is 13.6. The van der Waals surface area contributed by atoms with Gasteiger partial charge in [-0.05, 0) is 42.5 Å². The Bertz CT molecular complexity index is 1220. The van der Waals surface area contributed by atoms with Crippen molar-refractivity contribution in [2.75, 3.05) is 11.9 Å². The van der Waals surface area contributed by atoms with Gasteiger partial charge < -0.3 is 20.7 Å². The quantitative estimate of drug-likeness (QED) is 0.575. The molecule has 3 amide bonds. The van der Waals surface area contributed by atoms with E-state index in [1.54, 1.807) is 4.68 Å². The van der Waals surface area contributed by atoms with Gasteiger partial charge in [0.2, 0.25) is 0 Å². The molecular weight excluding hydrogens is 463 g/mol. The van der Waals surface area contributed by atoms with Crippen molar-refractivity contribution in [3.63, 3.8) is 0 Å². The zero-order valence-electron chi connectivity index (χ0n) is 16.9. The number of ether oxygens (including phenoxy) is 1. The summed E-state index contributed by atoms with van der Waals surface area (Å²) in [6.07, 6.45) is 0. The van der Waals surface area contributed by atoms with Gasteiger partial charge >= 0.3 is 12.6 Å². The largest absolute Gasteiger partial charge is 0.435 e. The summed E-state index contributed by atoms with van der Waals surface area (Å²) in [5.41, 5.74) is 7.18. The number of benzene rings is 2. The van der Waals surface area contributed by atoms with E-state index in [1.165, 1.54) is 41.3 Å². The van der Waals surface area contributed by atoms with Crippen LogP contribution in [0.25, 0.3) is 11.3 Å². The fraction of sp³-hybridized carbons (Fsp3) is 0.190. The number of nitrogens with two attached hydrogens (primary N) is 1. The monoisotopic (exact) mass is 479 g/mol. The van der Waals surface area contributed by atoms with Crippen molar-refractivity contribution in [1.29, 1.82) is 0 Å². The first kappa shape index (κ1) is 22.5. The first-order chi connectivity index (χ1) is 15.7. The van der Waals surface area contributed by atoms with Crippen molar-refractivity contribution >= 4 is 29.2 Å². The Morgan fingerprint density at radius 1 is 1.15 bits per heavy atom. The highest BCUT2D eigenvalue weighted by molar-refractivity contribution is 6.31. The molecule has 172 valence electrons. The van der Waals surface area contributed by atoms with Crippen LogP contribution in [0.1, 0.15) is 16.1 Å². The molecule has 4 rings (SSSR count). The first-order valence-corrected chi connectivity index (χ1v) is 10.1. The zero-order valence-corrected chi connectivity index (χ0v) is 17.7. The SMILES string of the molecule is NC(=O)c1c(-c2ccc(F)c(Cl)c2)nn2c1CN(C(=O)Nc1ccc(OC(F)F)cc1)CC2. The molecule has 0 saturated heterocycles. The van der Waals surface area contributed by atoms with Crippen molar-refractivity contribution in [2.45, 2.75) is 19.7 Å². The number of alkyl halides is 2. The molecule has 0 unspecified atom stereocenters. The Labute approximate surface area is 190 Å². The number of carbonyl (C=O) groups excluding carboxylic acids is 2. The number of nitrogens with one attached hydrogen (secondary N) is 1. The van der Waals surface area contributed by atoms with Crippen LogP contribution in [0, 0.1) is 5.82 Å². The molecule has 12 heteroatoms. The van der Waals surface area contributed by atoms with Crippen molar-refractivity contribution in [2.24, 2.45) is 5.73 Å². The Morgan fingerprint density at radius 3 is 2.52 bits per heavy atom. The summed E-state index contributed by atoms with van der Waals surface area (Å²) in [4.78, 5) is 26.4. The molecule has 1 aromatic heterocycles. The topological polar surface area (TPSA) is 102 Å². The summed E-state index contributed by atoms with van der Waals surface area (Å²) in [7, 11) is 0. The highest BCUT2D eigenvalue weighted by atomic mass is 35.5. The van der Waals surface area contributed by atoms with E-state index in [-0.39, 0.29) is 35.1 Å². The number of nitrogens with zero attached hydrogens (tertiary/aromatic N) is 3. The van der Waals surface area contributed by atoms with Gasteiger partial charge in [0.1, 0.15) is 17.3 Å². The number of urea groups is 1. The van der Waals surface area contributed by atoms with Crippen LogP contribution in [0.3, 0.4) is 0 Å². The van der Waals surface area contributed by atoms with Gasteiger partial charge in [-0.15, -0.1) is 0 Å². The predicted molar refractivity (Wildman–Crippen MR) is 114 cm³/mol. The molecule has 1 aliphatic heterocycles. The number of anilines is 1. The standard InChI is InChI=1S/C21H17ClF3N5O3/c22-14-9-11(1-6-15(14)23)18-17(19(26)31)16-10-29(7-8-30(16)28-18)21(32)27-12-2-4-13(5-3-12)33-20(24)25/h1-6,9,20H,7-8,10H2,(H2,26,31)(H,27,32). The Balaban J connectivity index is 1.55. The second-order valence-corrected chi connectivity index (χ2v) is 7.55. The number of hydrogen-bond donors (Lipinski definition) is 2. The second-order valence-electron chi connectivity index (χ2n) is 7.14. The van der Waals surface area contributed by atoms with E-state index in [4.69, 9.17) is 17.3 Å². The fourth-order valence-corrected chi connectivity index (χ4v) is 3.70. The molecule has 0 saturated carbocycles. The van der Waals surface area contributed by atoms with Gasteiger partial charge in [-0.1, -0.05) is 11.6 Å². The van der Waals surface area contributed by atoms with Gasteiger partial charge in [0, 0.05) is 17.8 Å². The lowest BCUT2D eigenvalue weighted by atomic mass is 10.0. The number of primary amides is 1. The molecule has 8 nitrogen and oxygen atoms in total. The molecule has 0 radical (unpaired) electrons. The Morgan fingerprint density at radius 2 is 1.88 bits per heavy atom. The first-order valence-electron chi connectivity index (χ1n) is 9.68. The minimum absolute atomic E-state index is 0.0376. The molecule has 0 aliphatic carbocycles. The smallest absolute Gasteiger partial charge is 0.387 e. The van der Waals surface area contributed by atoms with Crippen molar-refractivity contribution in [1.82, 2.24) is 14.7 Å². The van der Waals surface area contributed by atoms with Crippen LogP contribution in [0.4, 0.5) is 23.7 Å². The summed E-state index contributed by atoms with van der Waals surface area (Å²) < 4.78 is 44.0. The molecule has 33 heavy (non-hydrogen) atoms. The lowest BCUT2D eigenvalue weighted by Crippen LogP contribution is -2.41. The van der Waals surface area contributed by atoms with Crippen LogP contribution in [0.5, 0.6) is 5.75 Å². The number of fused-ring (bicyclic) bond motifs is 1. The van der Waals surface area contributed by atoms with Crippen molar-refractivity contribution in [3.8, 4) is 17.0 Å². The molecule has 0 atom stereocenters. The van der Waals surface area contributed by atoms with Gasteiger partial charge in [-0.25, -0.2) is 9.18 Å². The van der Waals surface area contributed by atoms with E-state index >= 15 is 0 Å². The van der Waals surface area contributed by atoms with Crippen molar-refractivity contribution in [3.05, 3.63) is 64.6 Å². The average Bonchev–Trinajstić information content (AvgIpc) is 3.15. The summed E-state index contributed by atoms with van der Waals surface area (Å²) in [6, 6.07) is 8.95. The van der Waals surface area contributed by atoms with E-state index in [2.05, 4.69) is 15.2 Å². The van der Waals surface area contributed by atoms with Gasteiger partial charge in [-0.2, -0.15) is 13.9 Å². The normalized spacial score (nSPS) is 13.1. The third-order valence-electron chi connectivity index (χ3n) is 5.04. The minimum atomic E-state index is -2.95. The molecule has 0 fully saturated rings. The highest BCUT2D eigenvalue weighted by Crippen LogP contribution is 2.31. The number of halogens is 4. The van der Waals surface area contributed by atoms with E-state index < -0.39 is 24.4 Å². The van der Waals surface area contributed by atoms with Crippen LogP contribution in [0.2, 0.25) is 5.02 Å². The van der Waals surface area contributed by atoms with Gasteiger partial charge in [-0.3, -0.25) is 9.48 Å². The maximum Gasteiger partial charge on any atom is 0.387 e. The van der Waals surface area contributed by atoms with Crippen LogP contribution in [-0.2, 0) is 13.1 Å². The molecule has 0 bridgehead atoms. The van der Waals surface area contributed by atoms with Crippen LogP contribution in [-0.4, -0.2) is 39.8 Å². The number of aromatic nitrogens is 2. The van der Waals surface area contributed by atoms with E-state index in [1.807, 2.05) is 0 Å². The van der Waals surface area contributed by atoms with E-state index in [0.29, 0.717) is 23.5 Å². The van der Waals surface area contributed by atoms with Crippen LogP contribution < -0.4 is 15.8 Å². The van der Waals surface area contributed by atoms with Gasteiger partial charge in [0.05, 0.1) is 29.4 Å². The number of rotatable bonds is 5. The summed E-state index contributed by atoms with van der Waals surface area (Å²) in [5.74, 6) is -1.39. The number of amides is 3. The molecule has 3 aromatic rings. The fourth-order valence-electron chi connectivity index (χ4n) is 3.52. The third-order valence-corrected chi connectivity index (χ3v) is 5.33. The van der Waals surface area contributed by atoms with Crippen LogP contribution in [0.15, 0.2) is 42.5 Å². The van der Waals surface area contributed by atoms with E-state index in [9.17, 15) is 22.8 Å². The Kier molecular flexibility index (Phi) is 6.14. The molecule has 2 heterocycles. The lowest BCUT2D eigenvalue weighted by Gasteiger charge is -2.28. The van der Waals surface area contributed by atoms with Gasteiger partial charge in [0.25, 0.3) is 5.91 Å². The van der Waals surface area contributed by atoms with Crippen molar-refractivity contribution < 1.29 is 27.5 Å². The number of hydrogen-bond acceptors (Lipinski definition) is 4. The maximum absolute atomic E-state index is 13.6. The van der Waals surface area contributed by atoms with Crippen LogP contribution >= 0.6 is 11.6 Å². The highest BCUT2D eigenvalue weighted by Gasteiger charge is 2.30. The molecular formula is C21H17ClF3N5O3. The Hall–Kier alpha value is -3.73. The lowest BCUT2D eigenvalue weighted by molar-refractivity contribution is -0.0498. The minimum Gasteiger partial charge on any atom is -0.435 e. The summed E-state index contributed by atoms with van der Waals surface area (Å²) in [5, 5.41) is 6.96. The predicted octanol–water partition coefficient (Wildman–Crippen LogP) is 4.09. The molecule has 1 aliphatic rings. The molecule has 2 aromatic carbocycles. The molecule has 3 N–H and O–H groups in total. The van der Waals surface area contributed by atoms with Gasteiger partial charge in [0.15, 0.2) is 0 Å². The third kappa shape index (κ3) is 4.72. The van der Waals surface area contributed by atoms with E-state index in [0.717, 1.165) is 6.07 Å². The average molecular weight is 480 g/mol. The summed E-state index contributed by atoms with van der Waals surface area (Å²) in [6.45, 7) is -2.33. The number of carbonyl (C=O) groups is 2. The molecule has 0 spiro atoms. The zero-order chi connectivity index (χ0) is 23.7. The second kappa shape index (κ2) is 9.02.